The molecule has 0 bridgehead atoms. The van der Waals surface area contributed by atoms with E-state index < -0.39 is 32.1 Å². The highest BCUT2D eigenvalue weighted by Gasteiger charge is 2.52. The van der Waals surface area contributed by atoms with E-state index in [0.29, 0.717) is 18.5 Å². The average molecular weight is 527 g/mol. The first-order chi connectivity index (χ1) is 17.2. The summed E-state index contributed by atoms with van der Waals surface area (Å²) in [4.78, 5) is 12.0. The van der Waals surface area contributed by atoms with E-state index in [-0.39, 0.29) is 21.8 Å². The summed E-state index contributed by atoms with van der Waals surface area (Å²) in [5.74, 6) is -1.01. The van der Waals surface area contributed by atoms with Crippen molar-refractivity contribution in [3.8, 4) is 11.1 Å². The van der Waals surface area contributed by atoms with Crippen LogP contribution in [0.15, 0.2) is 88.7 Å². The molecular formula is C26H26N2O6S2. The van der Waals surface area contributed by atoms with Gasteiger partial charge in [-0.05, 0) is 72.7 Å². The first-order valence-electron chi connectivity index (χ1n) is 11.7. The van der Waals surface area contributed by atoms with Crippen LogP contribution < -0.4 is 4.72 Å². The molecule has 0 radical (unpaired) electrons. The predicted molar refractivity (Wildman–Crippen MR) is 135 cm³/mol. The Morgan fingerprint density at radius 1 is 0.806 bits per heavy atom. The number of hydrogen-bond acceptors (Lipinski definition) is 5. The standard InChI is InChI=1S/C26H26N2O6S2/c29-26(30)25-17-20-5-4-8-24(20)28(25)36(33,34)23-15-11-19(12-16-23)18-9-13-21(14-10-18)27-35(31,32)22-6-2-1-3-7-22/h1-3,6-7,9-16,20,24-25,27H,4-5,8,17H2,(H,29,30)/t20-,24-,25?/m1/s1. The molecule has 3 atom stereocenters. The average Bonchev–Trinajstić information content (AvgIpc) is 3.47. The Kier molecular flexibility index (Phi) is 6.36. The largest absolute Gasteiger partial charge is 0.480 e. The van der Waals surface area contributed by atoms with Gasteiger partial charge in [-0.15, -0.1) is 0 Å². The van der Waals surface area contributed by atoms with Crippen molar-refractivity contribution < 1.29 is 26.7 Å². The van der Waals surface area contributed by atoms with Gasteiger partial charge in [-0.3, -0.25) is 9.52 Å². The van der Waals surface area contributed by atoms with Crippen LogP contribution in [-0.4, -0.2) is 44.3 Å². The number of nitrogens with zero attached hydrogens (tertiary/aromatic N) is 1. The van der Waals surface area contributed by atoms with Gasteiger partial charge < -0.3 is 5.11 Å². The van der Waals surface area contributed by atoms with Crippen LogP contribution in [0.25, 0.3) is 11.1 Å². The van der Waals surface area contributed by atoms with E-state index in [0.717, 1.165) is 24.0 Å². The summed E-state index contributed by atoms with van der Waals surface area (Å²) in [7, 11) is -7.66. The third kappa shape index (κ3) is 4.52. The van der Waals surface area contributed by atoms with Crippen molar-refractivity contribution in [2.24, 2.45) is 5.92 Å². The van der Waals surface area contributed by atoms with Gasteiger partial charge in [0.2, 0.25) is 10.0 Å². The number of sulfonamides is 2. The lowest BCUT2D eigenvalue weighted by Crippen LogP contribution is -2.44. The summed E-state index contributed by atoms with van der Waals surface area (Å²) in [6, 6.07) is 19.9. The Morgan fingerprint density at radius 2 is 1.42 bits per heavy atom. The Hall–Kier alpha value is -3.21. The first kappa shape index (κ1) is 24.5. The van der Waals surface area contributed by atoms with Crippen molar-refractivity contribution in [3.63, 3.8) is 0 Å². The molecular weight excluding hydrogens is 500 g/mol. The SMILES string of the molecule is O=C(O)C1C[C@H]2CCC[C@H]2N1S(=O)(=O)c1ccc(-c2ccc(NS(=O)(=O)c3ccccc3)cc2)cc1. The van der Waals surface area contributed by atoms with E-state index in [1.165, 1.54) is 28.6 Å². The highest BCUT2D eigenvalue weighted by atomic mass is 32.2. The first-order valence-corrected chi connectivity index (χ1v) is 14.6. The van der Waals surface area contributed by atoms with Crippen molar-refractivity contribution in [1.29, 1.82) is 0 Å². The quantitative estimate of drug-likeness (QED) is 0.477. The molecule has 2 N–H and O–H groups in total. The van der Waals surface area contributed by atoms with Crippen LogP contribution >= 0.6 is 0 Å². The van der Waals surface area contributed by atoms with Gasteiger partial charge in [0, 0.05) is 11.7 Å². The van der Waals surface area contributed by atoms with E-state index in [9.17, 15) is 26.7 Å². The van der Waals surface area contributed by atoms with E-state index >= 15 is 0 Å². The van der Waals surface area contributed by atoms with Gasteiger partial charge in [0.05, 0.1) is 9.79 Å². The summed E-state index contributed by atoms with van der Waals surface area (Å²) >= 11 is 0. The number of fused-ring (bicyclic) bond motifs is 1. The molecule has 1 heterocycles. The Balaban J connectivity index is 1.35. The number of aliphatic carboxylic acids is 1. The predicted octanol–water partition coefficient (Wildman–Crippen LogP) is 4.17. The third-order valence-corrected chi connectivity index (χ3v) is 10.4. The monoisotopic (exact) mass is 526 g/mol. The summed E-state index contributed by atoms with van der Waals surface area (Å²) < 4.78 is 55.7. The molecule has 1 saturated carbocycles. The molecule has 0 spiro atoms. The minimum Gasteiger partial charge on any atom is -0.480 e. The van der Waals surface area contributed by atoms with Crippen molar-refractivity contribution in [2.45, 2.75) is 47.6 Å². The molecule has 36 heavy (non-hydrogen) atoms. The second kappa shape index (κ2) is 9.34. The van der Waals surface area contributed by atoms with Crippen molar-refractivity contribution in [1.82, 2.24) is 4.31 Å². The molecule has 0 amide bonds. The van der Waals surface area contributed by atoms with Gasteiger partial charge in [0.25, 0.3) is 10.0 Å². The number of carboxylic acids is 1. The van der Waals surface area contributed by atoms with Gasteiger partial charge in [-0.25, -0.2) is 16.8 Å². The number of anilines is 1. The van der Waals surface area contributed by atoms with Crippen LogP contribution in [0.2, 0.25) is 0 Å². The number of carbonyl (C=O) groups is 1. The number of rotatable bonds is 7. The van der Waals surface area contributed by atoms with Gasteiger partial charge >= 0.3 is 5.97 Å². The van der Waals surface area contributed by atoms with Crippen LogP contribution in [0.3, 0.4) is 0 Å². The topological polar surface area (TPSA) is 121 Å². The zero-order valence-electron chi connectivity index (χ0n) is 19.3. The molecule has 2 aliphatic rings. The molecule has 3 aromatic rings. The molecule has 2 fully saturated rings. The maximum atomic E-state index is 13.4. The molecule has 1 aliphatic heterocycles. The van der Waals surface area contributed by atoms with Gasteiger partial charge in [0.15, 0.2) is 0 Å². The fourth-order valence-electron chi connectivity index (χ4n) is 5.29. The highest BCUT2D eigenvalue weighted by molar-refractivity contribution is 7.92. The molecule has 5 rings (SSSR count). The van der Waals surface area contributed by atoms with Crippen LogP contribution in [0.4, 0.5) is 5.69 Å². The van der Waals surface area contributed by atoms with E-state index in [1.54, 1.807) is 54.6 Å². The molecule has 8 nitrogen and oxygen atoms in total. The summed E-state index contributed by atoms with van der Waals surface area (Å²) in [6.45, 7) is 0. The maximum Gasteiger partial charge on any atom is 0.322 e. The summed E-state index contributed by atoms with van der Waals surface area (Å²) in [5, 5.41) is 9.65. The molecule has 188 valence electrons. The smallest absolute Gasteiger partial charge is 0.322 e. The number of carboxylic acid groups (broad SMARTS) is 1. The Bertz CT molecular complexity index is 1470. The van der Waals surface area contributed by atoms with Crippen molar-refractivity contribution in [2.75, 3.05) is 4.72 Å². The van der Waals surface area contributed by atoms with Gasteiger partial charge in [0.1, 0.15) is 6.04 Å². The molecule has 1 saturated heterocycles. The van der Waals surface area contributed by atoms with Crippen LogP contribution in [-0.2, 0) is 24.8 Å². The fourth-order valence-corrected chi connectivity index (χ4v) is 8.24. The van der Waals surface area contributed by atoms with E-state index in [1.807, 2.05) is 0 Å². The zero-order chi connectivity index (χ0) is 25.5. The number of benzene rings is 3. The van der Waals surface area contributed by atoms with E-state index in [2.05, 4.69) is 4.72 Å². The molecule has 10 heteroatoms. The fraction of sp³-hybridized carbons (Fsp3) is 0.269. The summed E-state index contributed by atoms with van der Waals surface area (Å²) in [6.07, 6.45) is 2.81. The second-order valence-corrected chi connectivity index (χ2v) is 12.7. The maximum absolute atomic E-state index is 13.4. The molecule has 1 unspecified atom stereocenters. The Morgan fingerprint density at radius 3 is 2.03 bits per heavy atom. The van der Waals surface area contributed by atoms with Crippen LogP contribution in [0, 0.1) is 5.92 Å². The van der Waals surface area contributed by atoms with Gasteiger partial charge in [-0.2, -0.15) is 4.31 Å². The number of nitrogens with one attached hydrogen (secondary N) is 1. The normalized spacial score (nSPS) is 22.3. The Labute approximate surface area is 210 Å². The third-order valence-electron chi connectivity index (χ3n) is 7.02. The second-order valence-electron chi connectivity index (χ2n) is 9.20. The zero-order valence-corrected chi connectivity index (χ0v) is 21.0. The van der Waals surface area contributed by atoms with Crippen molar-refractivity contribution >= 4 is 31.7 Å². The van der Waals surface area contributed by atoms with E-state index in [4.69, 9.17) is 0 Å². The molecule has 0 aromatic heterocycles. The minimum absolute atomic E-state index is 0.0669. The molecule has 3 aromatic carbocycles. The molecule has 1 aliphatic carbocycles. The summed E-state index contributed by atoms with van der Waals surface area (Å²) in [5.41, 5.74) is 1.94. The lowest BCUT2D eigenvalue weighted by Gasteiger charge is -2.26. The van der Waals surface area contributed by atoms with Gasteiger partial charge in [-0.1, -0.05) is 48.9 Å². The van der Waals surface area contributed by atoms with Crippen LogP contribution in [0.5, 0.6) is 0 Å². The lowest BCUT2D eigenvalue weighted by molar-refractivity contribution is -0.141. The van der Waals surface area contributed by atoms with Crippen molar-refractivity contribution in [3.05, 3.63) is 78.9 Å². The lowest BCUT2D eigenvalue weighted by atomic mass is 10.0. The number of hydrogen-bond donors (Lipinski definition) is 2. The minimum atomic E-state index is -3.96. The highest BCUT2D eigenvalue weighted by Crippen LogP contribution is 2.44. The van der Waals surface area contributed by atoms with Crippen LogP contribution in [0.1, 0.15) is 25.7 Å².